The Labute approximate surface area is 80.7 Å². The Morgan fingerprint density at radius 3 is 2.00 bits per heavy atom. The molecule has 0 N–H and O–H groups in total. The molecule has 3 heteroatoms. The summed E-state index contributed by atoms with van der Waals surface area (Å²) in [6.07, 6.45) is 3.61. The molecule has 0 aliphatic carbocycles. The van der Waals surface area contributed by atoms with Gasteiger partial charge in [-0.15, -0.1) is 22.2 Å². The summed E-state index contributed by atoms with van der Waals surface area (Å²) in [6.45, 7) is 6.57. The fourth-order valence-corrected chi connectivity index (χ4v) is 2.02. The molecule has 0 bridgehead atoms. The van der Waals surface area contributed by atoms with Crippen molar-refractivity contribution in [3.8, 4) is 0 Å². The Balaban J connectivity index is 4.00. The van der Waals surface area contributed by atoms with Crippen molar-refractivity contribution in [1.29, 1.82) is 0 Å². The minimum Gasteiger partial charge on any atom is -0.146 e. The molecule has 0 amide bonds. The topological polar surface area (TPSA) is 0 Å². The molecular weight excluding hydrogens is 195 g/mol. The fraction of sp³-hybridized carbons (Fsp3) is 1.00. The molecule has 0 aliphatic rings. The van der Waals surface area contributed by atoms with Crippen LogP contribution in [-0.4, -0.2) is 6.69 Å². The highest BCUT2D eigenvalue weighted by Crippen LogP contribution is 2.46. The Bertz CT molecular complexity index is 116. The average Bonchev–Trinajstić information content (AvgIpc) is 1.81. The van der Waals surface area contributed by atoms with Crippen LogP contribution in [0.1, 0.15) is 40.0 Å². The largest absolute Gasteiger partial charge is 0.253 e. The van der Waals surface area contributed by atoms with Gasteiger partial charge in [0.25, 0.3) is 6.69 Å². The molecule has 0 aromatic rings. The molecule has 0 radical (unpaired) electrons. The molecule has 0 rings (SSSR count). The predicted molar refractivity (Wildman–Crippen MR) is 56.9 cm³/mol. The summed E-state index contributed by atoms with van der Waals surface area (Å²) in [6, 6.07) is 0. The number of halogens is 2. The lowest BCUT2D eigenvalue weighted by Crippen LogP contribution is -2.30. The van der Waals surface area contributed by atoms with E-state index in [1.807, 2.05) is 6.55 Å². The van der Waals surface area contributed by atoms with Crippen LogP contribution in [0, 0.1) is 0 Å². The molecular formula is C8H18Cl2Si. The zero-order chi connectivity index (χ0) is 9.12. The van der Waals surface area contributed by atoms with Gasteiger partial charge in [-0.3, -0.25) is 0 Å². The standard InChI is InChI=1S/C8H18Cl2Si/c1-5-6-7-8(2,3)11(4,9)10/h5-7H2,1-4H3. The Morgan fingerprint density at radius 2 is 1.73 bits per heavy atom. The summed E-state index contributed by atoms with van der Waals surface area (Å²) in [5, 5.41) is 0.159. The van der Waals surface area contributed by atoms with Gasteiger partial charge in [0.1, 0.15) is 0 Å². The fourth-order valence-electron chi connectivity index (χ4n) is 0.838. The molecule has 0 heterocycles. The van der Waals surface area contributed by atoms with Gasteiger partial charge in [-0.2, -0.15) is 0 Å². The lowest BCUT2D eigenvalue weighted by atomic mass is 10.1. The van der Waals surface area contributed by atoms with Crippen LogP contribution in [0.4, 0.5) is 0 Å². The summed E-state index contributed by atoms with van der Waals surface area (Å²) in [7, 11) is 0. The maximum absolute atomic E-state index is 6.16. The SMILES string of the molecule is CCCCC(C)(C)[Si](C)(Cl)Cl. The number of hydrogen-bond acceptors (Lipinski definition) is 0. The van der Waals surface area contributed by atoms with E-state index in [1.165, 1.54) is 12.8 Å². The van der Waals surface area contributed by atoms with Crippen molar-refractivity contribution in [3.05, 3.63) is 0 Å². The molecule has 0 saturated heterocycles. The van der Waals surface area contributed by atoms with Crippen LogP contribution < -0.4 is 0 Å². The van der Waals surface area contributed by atoms with Crippen molar-refractivity contribution < 1.29 is 0 Å². The summed E-state index contributed by atoms with van der Waals surface area (Å²) >= 11 is 12.3. The summed E-state index contributed by atoms with van der Waals surface area (Å²) in [4.78, 5) is 0. The van der Waals surface area contributed by atoms with Gasteiger partial charge >= 0.3 is 0 Å². The Kier molecular flexibility index (Phi) is 4.45. The van der Waals surface area contributed by atoms with Crippen LogP contribution in [0.2, 0.25) is 11.6 Å². The van der Waals surface area contributed by atoms with E-state index in [0.717, 1.165) is 6.42 Å². The van der Waals surface area contributed by atoms with Crippen molar-refractivity contribution in [2.24, 2.45) is 0 Å². The maximum Gasteiger partial charge on any atom is 0.253 e. The first-order valence-electron chi connectivity index (χ1n) is 4.19. The Hall–Kier alpha value is 0.797. The molecule has 68 valence electrons. The lowest BCUT2D eigenvalue weighted by molar-refractivity contribution is 0.560. The molecule has 11 heavy (non-hydrogen) atoms. The number of rotatable bonds is 4. The van der Waals surface area contributed by atoms with Gasteiger partial charge < -0.3 is 0 Å². The zero-order valence-electron chi connectivity index (χ0n) is 7.88. The van der Waals surface area contributed by atoms with Crippen LogP contribution in [0.3, 0.4) is 0 Å². The monoisotopic (exact) mass is 212 g/mol. The second kappa shape index (κ2) is 4.15. The smallest absolute Gasteiger partial charge is 0.146 e. The highest BCUT2D eigenvalue weighted by Gasteiger charge is 2.39. The molecule has 0 saturated carbocycles. The zero-order valence-corrected chi connectivity index (χ0v) is 10.4. The minimum atomic E-state index is -1.98. The van der Waals surface area contributed by atoms with Gasteiger partial charge in [0, 0.05) is 0 Å². The van der Waals surface area contributed by atoms with E-state index < -0.39 is 6.69 Å². The highest BCUT2D eigenvalue weighted by molar-refractivity contribution is 7.46. The molecule has 0 aliphatic heterocycles. The highest BCUT2D eigenvalue weighted by atomic mass is 35.7. The first kappa shape index (κ1) is 11.8. The van der Waals surface area contributed by atoms with E-state index in [1.54, 1.807) is 0 Å². The van der Waals surface area contributed by atoms with E-state index >= 15 is 0 Å². The van der Waals surface area contributed by atoms with Gasteiger partial charge in [-0.25, -0.2) is 0 Å². The third-order valence-corrected chi connectivity index (χ3v) is 8.04. The molecule has 0 atom stereocenters. The number of unbranched alkanes of at least 4 members (excludes halogenated alkanes) is 1. The van der Waals surface area contributed by atoms with Gasteiger partial charge in [0.2, 0.25) is 0 Å². The normalized spacial score (nSPS) is 13.6. The minimum absolute atomic E-state index is 0.159. The second-order valence-electron chi connectivity index (χ2n) is 3.88. The third-order valence-electron chi connectivity index (χ3n) is 2.34. The lowest BCUT2D eigenvalue weighted by Gasteiger charge is -2.32. The number of hydrogen-bond donors (Lipinski definition) is 0. The van der Waals surface area contributed by atoms with Gasteiger partial charge in [-0.1, -0.05) is 33.6 Å². The van der Waals surface area contributed by atoms with Crippen LogP contribution in [0.15, 0.2) is 0 Å². The van der Waals surface area contributed by atoms with Crippen LogP contribution in [-0.2, 0) is 0 Å². The van der Waals surface area contributed by atoms with Crippen LogP contribution in [0.25, 0.3) is 0 Å². The summed E-state index contributed by atoms with van der Waals surface area (Å²) in [5.41, 5.74) is 0. The first-order chi connectivity index (χ1) is 4.81. The molecule has 0 fully saturated rings. The van der Waals surface area contributed by atoms with E-state index in [-0.39, 0.29) is 5.04 Å². The third kappa shape index (κ3) is 3.82. The summed E-state index contributed by atoms with van der Waals surface area (Å²) in [5.74, 6) is 0. The van der Waals surface area contributed by atoms with Gasteiger partial charge in [-0.05, 0) is 18.0 Å². The molecule has 0 spiro atoms. The second-order valence-corrected chi connectivity index (χ2v) is 12.1. The molecule has 0 aromatic carbocycles. The quantitative estimate of drug-likeness (QED) is 0.476. The van der Waals surface area contributed by atoms with E-state index in [2.05, 4.69) is 20.8 Å². The van der Waals surface area contributed by atoms with Crippen molar-refractivity contribution in [1.82, 2.24) is 0 Å². The van der Waals surface area contributed by atoms with Crippen molar-refractivity contribution in [2.75, 3.05) is 0 Å². The first-order valence-corrected chi connectivity index (χ1v) is 8.71. The van der Waals surface area contributed by atoms with Crippen molar-refractivity contribution >= 4 is 28.9 Å². The maximum atomic E-state index is 6.16. The average molecular weight is 213 g/mol. The van der Waals surface area contributed by atoms with E-state index in [9.17, 15) is 0 Å². The van der Waals surface area contributed by atoms with Gasteiger partial charge in [0.05, 0.1) is 0 Å². The molecule has 0 nitrogen and oxygen atoms in total. The van der Waals surface area contributed by atoms with Crippen molar-refractivity contribution in [3.63, 3.8) is 0 Å². The Morgan fingerprint density at radius 1 is 1.27 bits per heavy atom. The van der Waals surface area contributed by atoms with Gasteiger partial charge in [0.15, 0.2) is 0 Å². The van der Waals surface area contributed by atoms with Crippen LogP contribution >= 0.6 is 22.2 Å². The van der Waals surface area contributed by atoms with Crippen LogP contribution in [0.5, 0.6) is 0 Å². The van der Waals surface area contributed by atoms with Crippen molar-refractivity contribution in [2.45, 2.75) is 51.6 Å². The van der Waals surface area contributed by atoms with E-state index in [4.69, 9.17) is 22.2 Å². The molecule has 0 unspecified atom stereocenters. The molecule has 0 aromatic heterocycles. The summed E-state index contributed by atoms with van der Waals surface area (Å²) < 4.78 is 0. The predicted octanol–water partition coefficient (Wildman–Crippen LogP) is 4.51. The van der Waals surface area contributed by atoms with E-state index in [0.29, 0.717) is 0 Å².